The SMILES string of the molecule is CC#CCCC(N)C(C)(C)c1ccc(F)cc1. The number of nitrogens with two attached hydrogens (primary N) is 1. The lowest BCUT2D eigenvalue weighted by Gasteiger charge is -2.32. The van der Waals surface area contributed by atoms with E-state index < -0.39 is 0 Å². The molecule has 2 N–H and O–H groups in total. The molecule has 0 bridgehead atoms. The topological polar surface area (TPSA) is 26.0 Å². The molecule has 0 saturated heterocycles. The van der Waals surface area contributed by atoms with Gasteiger partial charge in [0.05, 0.1) is 0 Å². The Balaban J connectivity index is 2.77. The van der Waals surface area contributed by atoms with Crippen molar-refractivity contribution in [3.63, 3.8) is 0 Å². The van der Waals surface area contributed by atoms with E-state index in [9.17, 15) is 4.39 Å². The second-order valence-electron chi connectivity index (χ2n) is 4.80. The lowest BCUT2D eigenvalue weighted by Crippen LogP contribution is -2.40. The van der Waals surface area contributed by atoms with Crippen LogP contribution in [0.4, 0.5) is 4.39 Å². The summed E-state index contributed by atoms with van der Waals surface area (Å²) in [4.78, 5) is 0. The van der Waals surface area contributed by atoms with Crippen LogP contribution in [0, 0.1) is 17.7 Å². The monoisotopic (exact) mass is 233 g/mol. The predicted molar refractivity (Wildman–Crippen MR) is 70.1 cm³/mol. The summed E-state index contributed by atoms with van der Waals surface area (Å²) in [5, 5.41) is 0. The third kappa shape index (κ3) is 3.57. The maximum atomic E-state index is 12.9. The average Bonchev–Trinajstić information content (AvgIpc) is 2.29. The Morgan fingerprint density at radius 1 is 1.29 bits per heavy atom. The zero-order chi connectivity index (χ0) is 12.9. The molecule has 0 saturated carbocycles. The molecule has 0 fully saturated rings. The van der Waals surface area contributed by atoms with E-state index in [1.807, 2.05) is 6.92 Å². The van der Waals surface area contributed by atoms with Gasteiger partial charge in [0.15, 0.2) is 0 Å². The van der Waals surface area contributed by atoms with E-state index in [1.54, 1.807) is 12.1 Å². The van der Waals surface area contributed by atoms with Crippen molar-refractivity contribution >= 4 is 0 Å². The number of benzene rings is 1. The number of halogens is 1. The quantitative estimate of drug-likeness (QED) is 0.794. The van der Waals surface area contributed by atoms with E-state index in [0.717, 1.165) is 18.4 Å². The van der Waals surface area contributed by atoms with Crippen molar-refractivity contribution in [1.82, 2.24) is 0 Å². The van der Waals surface area contributed by atoms with Gasteiger partial charge in [0.2, 0.25) is 0 Å². The average molecular weight is 233 g/mol. The van der Waals surface area contributed by atoms with Crippen molar-refractivity contribution < 1.29 is 4.39 Å². The zero-order valence-electron chi connectivity index (χ0n) is 10.8. The Bertz CT molecular complexity index is 409. The van der Waals surface area contributed by atoms with Crippen LogP contribution in [0.5, 0.6) is 0 Å². The normalized spacial score (nSPS) is 12.8. The van der Waals surface area contributed by atoms with Crippen LogP contribution >= 0.6 is 0 Å². The fourth-order valence-corrected chi connectivity index (χ4v) is 1.81. The molecule has 17 heavy (non-hydrogen) atoms. The van der Waals surface area contributed by atoms with E-state index in [2.05, 4.69) is 25.7 Å². The molecule has 0 amide bonds. The molecule has 92 valence electrons. The van der Waals surface area contributed by atoms with Gasteiger partial charge in [-0.2, -0.15) is 0 Å². The molecular weight excluding hydrogens is 213 g/mol. The number of hydrogen-bond acceptors (Lipinski definition) is 1. The van der Waals surface area contributed by atoms with Crippen LogP contribution in [0.25, 0.3) is 0 Å². The van der Waals surface area contributed by atoms with Crippen LogP contribution in [-0.4, -0.2) is 6.04 Å². The third-order valence-corrected chi connectivity index (χ3v) is 3.27. The number of rotatable bonds is 4. The van der Waals surface area contributed by atoms with Gasteiger partial charge in [-0.05, 0) is 31.0 Å². The largest absolute Gasteiger partial charge is 0.327 e. The van der Waals surface area contributed by atoms with Gasteiger partial charge in [0.25, 0.3) is 0 Å². The minimum atomic E-state index is -0.213. The van der Waals surface area contributed by atoms with Gasteiger partial charge < -0.3 is 5.73 Å². The Morgan fingerprint density at radius 3 is 2.41 bits per heavy atom. The van der Waals surface area contributed by atoms with Gasteiger partial charge in [0, 0.05) is 17.9 Å². The van der Waals surface area contributed by atoms with Crippen molar-refractivity contribution in [2.24, 2.45) is 5.73 Å². The molecule has 0 spiro atoms. The maximum Gasteiger partial charge on any atom is 0.123 e. The minimum Gasteiger partial charge on any atom is -0.327 e. The van der Waals surface area contributed by atoms with Crippen molar-refractivity contribution in [1.29, 1.82) is 0 Å². The molecule has 0 aromatic heterocycles. The van der Waals surface area contributed by atoms with Crippen LogP contribution in [0.2, 0.25) is 0 Å². The molecule has 1 atom stereocenters. The molecule has 1 unspecified atom stereocenters. The molecule has 1 aromatic carbocycles. The van der Waals surface area contributed by atoms with Crippen LogP contribution in [0.3, 0.4) is 0 Å². The van der Waals surface area contributed by atoms with Crippen LogP contribution in [0.15, 0.2) is 24.3 Å². The molecule has 1 aromatic rings. The molecular formula is C15H20FN. The first-order valence-electron chi connectivity index (χ1n) is 5.89. The third-order valence-electron chi connectivity index (χ3n) is 3.27. The molecule has 2 heteroatoms. The van der Waals surface area contributed by atoms with Gasteiger partial charge in [-0.3, -0.25) is 0 Å². The zero-order valence-corrected chi connectivity index (χ0v) is 10.8. The highest BCUT2D eigenvalue weighted by atomic mass is 19.1. The summed E-state index contributed by atoms with van der Waals surface area (Å²) in [6, 6.07) is 6.60. The van der Waals surface area contributed by atoms with Crippen LogP contribution in [0.1, 0.15) is 39.2 Å². The smallest absolute Gasteiger partial charge is 0.123 e. The van der Waals surface area contributed by atoms with Gasteiger partial charge in [0.1, 0.15) is 5.82 Å². The molecule has 0 aliphatic carbocycles. The Labute approximate surface area is 103 Å². The molecule has 0 aliphatic heterocycles. The van der Waals surface area contributed by atoms with E-state index in [0.29, 0.717) is 0 Å². The highest BCUT2D eigenvalue weighted by Gasteiger charge is 2.27. The highest BCUT2D eigenvalue weighted by Crippen LogP contribution is 2.28. The van der Waals surface area contributed by atoms with E-state index >= 15 is 0 Å². The van der Waals surface area contributed by atoms with Crippen LogP contribution < -0.4 is 5.73 Å². The minimum absolute atomic E-state index is 0.0220. The van der Waals surface area contributed by atoms with Gasteiger partial charge in [-0.1, -0.05) is 26.0 Å². The van der Waals surface area contributed by atoms with E-state index in [-0.39, 0.29) is 17.3 Å². The molecule has 1 nitrogen and oxygen atoms in total. The molecule has 1 rings (SSSR count). The lowest BCUT2D eigenvalue weighted by atomic mass is 9.76. The Morgan fingerprint density at radius 2 is 1.88 bits per heavy atom. The van der Waals surface area contributed by atoms with Crippen molar-refractivity contribution in [2.75, 3.05) is 0 Å². The first-order chi connectivity index (χ1) is 7.98. The summed E-state index contributed by atoms with van der Waals surface area (Å²) in [6.07, 6.45) is 1.66. The first-order valence-corrected chi connectivity index (χ1v) is 5.89. The van der Waals surface area contributed by atoms with Gasteiger partial charge in [-0.15, -0.1) is 11.8 Å². The van der Waals surface area contributed by atoms with Crippen molar-refractivity contribution in [3.8, 4) is 11.8 Å². The standard InChI is InChI=1S/C15H20FN/c1-4-5-6-7-14(17)15(2,3)12-8-10-13(16)11-9-12/h8-11,14H,6-7,17H2,1-3H3. The van der Waals surface area contributed by atoms with E-state index in [4.69, 9.17) is 5.73 Å². The Hall–Kier alpha value is -1.33. The summed E-state index contributed by atoms with van der Waals surface area (Å²) >= 11 is 0. The second-order valence-corrected chi connectivity index (χ2v) is 4.80. The fraction of sp³-hybridized carbons (Fsp3) is 0.467. The Kier molecular flexibility index (Phi) is 4.72. The second kappa shape index (κ2) is 5.84. The highest BCUT2D eigenvalue weighted by molar-refractivity contribution is 5.26. The predicted octanol–water partition coefficient (Wildman–Crippen LogP) is 3.23. The maximum absolute atomic E-state index is 12.9. The van der Waals surface area contributed by atoms with Crippen molar-refractivity contribution in [2.45, 2.75) is 45.1 Å². The summed E-state index contributed by atoms with van der Waals surface area (Å²) in [7, 11) is 0. The summed E-state index contributed by atoms with van der Waals surface area (Å²) < 4.78 is 12.9. The molecule has 0 radical (unpaired) electrons. The lowest BCUT2D eigenvalue weighted by molar-refractivity contribution is 0.391. The first kappa shape index (κ1) is 13.7. The molecule has 0 heterocycles. The summed E-state index contributed by atoms with van der Waals surface area (Å²) in [6.45, 7) is 6.01. The van der Waals surface area contributed by atoms with Gasteiger partial charge in [-0.25, -0.2) is 4.39 Å². The van der Waals surface area contributed by atoms with Gasteiger partial charge >= 0.3 is 0 Å². The van der Waals surface area contributed by atoms with E-state index in [1.165, 1.54) is 12.1 Å². The number of hydrogen-bond donors (Lipinski definition) is 1. The summed E-state index contributed by atoms with van der Waals surface area (Å²) in [5.74, 6) is 5.68. The summed E-state index contributed by atoms with van der Waals surface area (Å²) in [5.41, 5.74) is 7.10. The van der Waals surface area contributed by atoms with Crippen molar-refractivity contribution in [3.05, 3.63) is 35.6 Å². The molecule has 0 aliphatic rings. The fourth-order valence-electron chi connectivity index (χ4n) is 1.81. The van der Waals surface area contributed by atoms with Crippen LogP contribution in [-0.2, 0) is 5.41 Å².